The Labute approximate surface area is 160 Å². The number of benzene rings is 2. The standard InChI is InChI=1S/C23H28FNO2/c1-27-23(12-18-5-3-2-4-6-18)13-19-15-25(16-20(19)14-23)10-9-17-7-8-22(26)21(24)11-17/h2-8,11,19-20,26H,9-10,12-16H2,1H3/t19-,20+,23?. The highest BCUT2D eigenvalue weighted by atomic mass is 19.1. The van der Waals surface area contributed by atoms with E-state index in [1.807, 2.05) is 13.2 Å². The lowest BCUT2D eigenvalue weighted by atomic mass is 9.91. The predicted molar refractivity (Wildman–Crippen MR) is 104 cm³/mol. The van der Waals surface area contributed by atoms with Crippen molar-refractivity contribution in [2.24, 2.45) is 11.8 Å². The average molecular weight is 369 g/mol. The maximum absolute atomic E-state index is 13.5. The van der Waals surface area contributed by atoms with Gasteiger partial charge < -0.3 is 14.7 Å². The van der Waals surface area contributed by atoms with Gasteiger partial charge in [-0.05, 0) is 54.4 Å². The molecular weight excluding hydrogens is 341 g/mol. The van der Waals surface area contributed by atoms with Crippen LogP contribution in [0.3, 0.4) is 0 Å². The number of aromatic hydroxyl groups is 1. The molecule has 4 heteroatoms. The number of ether oxygens (including phenoxy) is 1. The van der Waals surface area contributed by atoms with Gasteiger partial charge in [0.1, 0.15) is 0 Å². The molecule has 1 unspecified atom stereocenters. The van der Waals surface area contributed by atoms with Gasteiger partial charge in [0.25, 0.3) is 0 Å². The number of halogens is 1. The Morgan fingerprint density at radius 3 is 2.41 bits per heavy atom. The minimum Gasteiger partial charge on any atom is -0.505 e. The molecule has 2 aromatic carbocycles. The van der Waals surface area contributed by atoms with E-state index in [0.29, 0.717) is 11.8 Å². The van der Waals surface area contributed by atoms with Crippen LogP contribution >= 0.6 is 0 Å². The quantitative estimate of drug-likeness (QED) is 0.834. The van der Waals surface area contributed by atoms with E-state index in [-0.39, 0.29) is 11.4 Å². The molecule has 0 bridgehead atoms. The Balaban J connectivity index is 1.32. The molecule has 0 radical (unpaired) electrons. The van der Waals surface area contributed by atoms with Crippen LogP contribution in [0, 0.1) is 17.7 Å². The van der Waals surface area contributed by atoms with E-state index in [1.165, 1.54) is 17.7 Å². The summed E-state index contributed by atoms with van der Waals surface area (Å²) in [5, 5.41) is 9.31. The molecule has 1 aliphatic heterocycles. The van der Waals surface area contributed by atoms with Crippen LogP contribution in [0.15, 0.2) is 48.5 Å². The largest absolute Gasteiger partial charge is 0.505 e. The Morgan fingerprint density at radius 1 is 1.07 bits per heavy atom. The number of hydrogen-bond donors (Lipinski definition) is 1. The monoisotopic (exact) mass is 369 g/mol. The molecule has 3 nitrogen and oxygen atoms in total. The summed E-state index contributed by atoms with van der Waals surface area (Å²) in [5.41, 5.74) is 2.27. The van der Waals surface area contributed by atoms with E-state index in [2.05, 4.69) is 35.2 Å². The van der Waals surface area contributed by atoms with E-state index in [1.54, 1.807) is 0 Å². The molecular formula is C23H28FNO2. The molecule has 0 spiro atoms. The second kappa shape index (κ2) is 7.61. The minimum atomic E-state index is -0.531. The third-order valence-electron chi connectivity index (χ3n) is 6.45. The lowest BCUT2D eigenvalue weighted by Gasteiger charge is -2.30. The fourth-order valence-corrected chi connectivity index (χ4v) is 5.06. The van der Waals surface area contributed by atoms with Crippen molar-refractivity contribution in [3.63, 3.8) is 0 Å². The van der Waals surface area contributed by atoms with Gasteiger partial charge in [0.05, 0.1) is 5.60 Å². The van der Waals surface area contributed by atoms with Crippen LogP contribution in [0.1, 0.15) is 24.0 Å². The normalized spacial score (nSPS) is 27.8. The molecule has 2 aliphatic rings. The summed E-state index contributed by atoms with van der Waals surface area (Å²) in [4.78, 5) is 2.50. The molecule has 0 aromatic heterocycles. The molecule has 1 saturated heterocycles. The molecule has 2 aromatic rings. The topological polar surface area (TPSA) is 32.7 Å². The first-order valence-electron chi connectivity index (χ1n) is 9.86. The van der Waals surface area contributed by atoms with Gasteiger partial charge in [-0.25, -0.2) is 4.39 Å². The lowest BCUT2D eigenvalue weighted by Crippen LogP contribution is -2.34. The molecule has 144 valence electrons. The molecule has 2 fully saturated rings. The predicted octanol–water partition coefficient (Wildman–Crippen LogP) is 4.04. The second-order valence-corrected chi connectivity index (χ2v) is 8.27. The van der Waals surface area contributed by atoms with Crippen molar-refractivity contribution in [1.29, 1.82) is 0 Å². The highest BCUT2D eigenvalue weighted by molar-refractivity contribution is 5.28. The number of methoxy groups -OCH3 is 1. The third-order valence-corrected chi connectivity index (χ3v) is 6.45. The van der Waals surface area contributed by atoms with Crippen molar-refractivity contribution in [3.8, 4) is 5.75 Å². The summed E-state index contributed by atoms with van der Waals surface area (Å²) in [7, 11) is 1.86. The fraction of sp³-hybridized carbons (Fsp3) is 0.478. The van der Waals surface area contributed by atoms with Crippen molar-refractivity contribution < 1.29 is 14.2 Å². The average Bonchev–Trinajstić information content (AvgIpc) is 3.19. The summed E-state index contributed by atoms with van der Waals surface area (Å²) >= 11 is 0. The second-order valence-electron chi connectivity index (χ2n) is 8.27. The maximum atomic E-state index is 13.5. The zero-order valence-electron chi connectivity index (χ0n) is 15.9. The molecule has 27 heavy (non-hydrogen) atoms. The Kier molecular flexibility index (Phi) is 5.20. The smallest absolute Gasteiger partial charge is 0.165 e. The van der Waals surface area contributed by atoms with Gasteiger partial charge in [-0.1, -0.05) is 36.4 Å². The molecule has 1 N–H and O–H groups in total. The third kappa shape index (κ3) is 4.02. The number of phenols is 1. The van der Waals surface area contributed by atoms with Crippen molar-refractivity contribution in [3.05, 3.63) is 65.5 Å². The molecule has 4 rings (SSSR count). The maximum Gasteiger partial charge on any atom is 0.165 e. The van der Waals surface area contributed by atoms with Gasteiger partial charge in [0.2, 0.25) is 0 Å². The van der Waals surface area contributed by atoms with Gasteiger partial charge >= 0.3 is 0 Å². The van der Waals surface area contributed by atoms with Gasteiger partial charge in [-0.15, -0.1) is 0 Å². The van der Waals surface area contributed by atoms with Crippen LogP contribution in [0.4, 0.5) is 4.39 Å². The van der Waals surface area contributed by atoms with Crippen LogP contribution in [0.5, 0.6) is 5.75 Å². The molecule has 3 atom stereocenters. The fourth-order valence-electron chi connectivity index (χ4n) is 5.06. The van der Waals surface area contributed by atoms with Crippen molar-refractivity contribution in [1.82, 2.24) is 4.90 Å². The minimum absolute atomic E-state index is 0.0249. The van der Waals surface area contributed by atoms with Gasteiger partial charge in [0.15, 0.2) is 11.6 Å². The first-order valence-corrected chi connectivity index (χ1v) is 9.86. The summed E-state index contributed by atoms with van der Waals surface area (Å²) in [6.45, 7) is 3.14. The number of likely N-dealkylation sites (tertiary alicyclic amines) is 1. The Hall–Kier alpha value is -1.91. The number of hydrogen-bond acceptors (Lipinski definition) is 3. The summed E-state index contributed by atoms with van der Waals surface area (Å²) in [5.74, 6) is 0.566. The summed E-state index contributed by atoms with van der Waals surface area (Å²) < 4.78 is 19.5. The van der Waals surface area contributed by atoms with E-state index in [0.717, 1.165) is 50.9 Å². The van der Waals surface area contributed by atoms with Crippen LogP contribution in [-0.2, 0) is 17.6 Å². The SMILES string of the molecule is COC1(Cc2ccccc2)C[C@H]2CN(CCc3ccc(O)c(F)c3)C[C@H]2C1. The van der Waals surface area contributed by atoms with E-state index >= 15 is 0 Å². The highest BCUT2D eigenvalue weighted by Gasteiger charge is 2.49. The van der Waals surface area contributed by atoms with Gasteiger partial charge in [0, 0.05) is 33.2 Å². The van der Waals surface area contributed by atoms with Crippen LogP contribution < -0.4 is 0 Å². The first kappa shape index (κ1) is 18.5. The zero-order valence-corrected chi connectivity index (χ0v) is 15.9. The number of nitrogens with zero attached hydrogens (tertiary/aromatic N) is 1. The zero-order chi connectivity index (χ0) is 18.9. The molecule has 1 heterocycles. The summed E-state index contributed by atoms with van der Waals surface area (Å²) in [6, 6.07) is 15.3. The van der Waals surface area contributed by atoms with Crippen molar-refractivity contribution >= 4 is 0 Å². The number of rotatable bonds is 6. The van der Waals surface area contributed by atoms with Crippen molar-refractivity contribution in [2.45, 2.75) is 31.3 Å². The molecule has 0 amide bonds. The number of fused-ring (bicyclic) bond motifs is 1. The first-order chi connectivity index (χ1) is 13.1. The number of phenolic OH excluding ortho intramolecular Hbond substituents is 1. The van der Waals surface area contributed by atoms with Gasteiger partial charge in [-0.2, -0.15) is 0 Å². The van der Waals surface area contributed by atoms with E-state index in [9.17, 15) is 9.50 Å². The van der Waals surface area contributed by atoms with Crippen LogP contribution in [0.2, 0.25) is 0 Å². The Bertz CT molecular complexity index is 765. The highest BCUT2D eigenvalue weighted by Crippen LogP contribution is 2.47. The van der Waals surface area contributed by atoms with E-state index < -0.39 is 5.82 Å². The van der Waals surface area contributed by atoms with Crippen LogP contribution in [0.25, 0.3) is 0 Å². The van der Waals surface area contributed by atoms with Gasteiger partial charge in [-0.3, -0.25) is 0 Å². The van der Waals surface area contributed by atoms with E-state index in [4.69, 9.17) is 4.74 Å². The molecule has 1 saturated carbocycles. The van der Waals surface area contributed by atoms with Crippen LogP contribution in [-0.4, -0.2) is 42.4 Å². The lowest BCUT2D eigenvalue weighted by molar-refractivity contribution is -0.0130. The summed E-state index contributed by atoms with van der Waals surface area (Å²) in [6.07, 6.45) is 4.04. The molecule has 1 aliphatic carbocycles. The Morgan fingerprint density at radius 2 is 1.78 bits per heavy atom. The van der Waals surface area contributed by atoms with Crippen molar-refractivity contribution in [2.75, 3.05) is 26.7 Å².